The van der Waals surface area contributed by atoms with Crippen molar-refractivity contribution < 1.29 is 19.8 Å². The maximum absolute atomic E-state index is 10.5. The molecule has 0 bridgehead atoms. The lowest BCUT2D eigenvalue weighted by Crippen LogP contribution is -2.34. The summed E-state index contributed by atoms with van der Waals surface area (Å²) in [5.41, 5.74) is 11.1. The standard InChI is InChI=1S/C9H10O2.C6H14N4O2/c1-7(9(10)11)8-5-3-2-4-6-8;7-4(5(11)12)2-1-3-10-6(8)9/h2-7H,1H3,(H,10,11);4H,1-3,7H2,(H,11,12)(H4,8,9,10). The van der Waals surface area contributed by atoms with Gasteiger partial charge in [0.25, 0.3) is 0 Å². The van der Waals surface area contributed by atoms with Crippen LogP contribution >= 0.6 is 0 Å². The van der Waals surface area contributed by atoms with Crippen molar-refractivity contribution in [2.75, 3.05) is 6.54 Å². The second-order valence-corrected chi connectivity index (χ2v) is 4.90. The van der Waals surface area contributed by atoms with Crippen molar-refractivity contribution in [3.63, 3.8) is 0 Å². The fourth-order valence-electron chi connectivity index (χ4n) is 1.55. The van der Waals surface area contributed by atoms with E-state index in [1.165, 1.54) is 0 Å². The molecule has 8 N–H and O–H groups in total. The largest absolute Gasteiger partial charge is 0.481 e. The molecule has 0 amide bonds. The Balaban J connectivity index is 0.000000422. The minimum Gasteiger partial charge on any atom is -0.481 e. The van der Waals surface area contributed by atoms with Gasteiger partial charge in [-0.05, 0) is 25.3 Å². The van der Waals surface area contributed by atoms with Crippen molar-refractivity contribution in [3.05, 3.63) is 35.9 Å². The summed E-state index contributed by atoms with van der Waals surface area (Å²) in [6.45, 7) is 2.16. The number of hydrogen-bond donors (Lipinski definition) is 6. The molecular weight excluding hydrogens is 300 g/mol. The van der Waals surface area contributed by atoms with Gasteiger partial charge in [-0.2, -0.15) is 0 Å². The monoisotopic (exact) mass is 324 g/mol. The number of aliphatic carboxylic acids is 2. The quantitative estimate of drug-likeness (QED) is 0.242. The van der Waals surface area contributed by atoms with Gasteiger partial charge >= 0.3 is 11.9 Å². The van der Waals surface area contributed by atoms with E-state index >= 15 is 0 Å². The first-order valence-corrected chi connectivity index (χ1v) is 7.09. The van der Waals surface area contributed by atoms with E-state index in [4.69, 9.17) is 27.1 Å². The third kappa shape index (κ3) is 9.86. The third-order valence-corrected chi connectivity index (χ3v) is 2.99. The molecule has 0 aliphatic rings. The van der Waals surface area contributed by atoms with Crippen molar-refractivity contribution in [3.8, 4) is 0 Å². The number of carboxylic acids is 2. The van der Waals surface area contributed by atoms with E-state index in [9.17, 15) is 9.59 Å². The number of rotatable bonds is 7. The predicted octanol–water partition coefficient (Wildman–Crippen LogP) is 0.536. The van der Waals surface area contributed by atoms with Crippen molar-refractivity contribution in [1.82, 2.24) is 5.32 Å². The van der Waals surface area contributed by atoms with Gasteiger partial charge in [-0.25, -0.2) is 0 Å². The van der Waals surface area contributed by atoms with E-state index < -0.39 is 23.9 Å². The van der Waals surface area contributed by atoms with Gasteiger partial charge < -0.3 is 27.0 Å². The Labute approximate surface area is 135 Å². The zero-order valence-corrected chi connectivity index (χ0v) is 13.0. The summed E-state index contributed by atoms with van der Waals surface area (Å²) >= 11 is 0. The molecule has 0 aromatic heterocycles. The van der Waals surface area contributed by atoms with Crippen LogP contribution in [0.5, 0.6) is 0 Å². The van der Waals surface area contributed by atoms with Gasteiger partial charge in [-0.3, -0.25) is 15.0 Å². The highest BCUT2D eigenvalue weighted by Crippen LogP contribution is 2.13. The molecule has 8 nitrogen and oxygen atoms in total. The van der Waals surface area contributed by atoms with Crippen LogP contribution in [0.3, 0.4) is 0 Å². The summed E-state index contributed by atoms with van der Waals surface area (Å²) in [5.74, 6) is -2.30. The molecule has 0 saturated heterocycles. The SMILES string of the molecule is CC(C(=O)O)c1ccccc1.N=C(N)NCCCC(N)C(=O)O. The summed E-state index contributed by atoms with van der Waals surface area (Å²) in [6.07, 6.45) is 0.975. The van der Waals surface area contributed by atoms with Crippen molar-refractivity contribution in [1.29, 1.82) is 5.41 Å². The highest BCUT2D eigenvalue weighted by molar-refractivity contribution is 5.75. The maximum Gasteiger partial charge on any atom is 0.320 e. The zero-order valence-electron chi connectivity index (χ0n) is 13.0. The molecule has 8 heteroatoms. The molecule has 0 aliphatic carbocycles. The molecule has 0 spiro atoms. The number of carbonyl (C=O) groups is 2. The second kappa shape index (κ2) is 11.0. The zero-order chi connectivity index (χ0) is 17.8. The summed E-state index contributed by atoms with van der Waals surface area (Å²) in [4.78, 5) is 20.7. The van der Waals surface area contributed by atoms with Gasteiger partial charge in [-0.1, -0.05) is 30.3 Å². The van der Waals surface area contributed by atoms with Crippen LogP contribution in [0.2, 0.25) is 0 Å². The summed E-state index contributed by atoms with van der Waals surface area (Å²) in [6, 6.07) is 8.37. The number of nitrogens with two attached hydrogens (primary N) is 2. The highest BCUT2D eigenvalue weighted by Gasteiger charge is 2.11. The maximum atomic E-state index is 10.5. The summed E-state index contributed by atoms with van der Waals surface area (Å²) < 4.78 is 0. The first-order chi connectivity index (χ1) is 10.8. The Morgan fingerprint density at radius 2 is 1.78 bits per heavy atom. The predicted molar refractivity (Wildman–Crippen MR) is 87.3 cm³/mol. The molecule has 1 rings (SSSR count). The fraction of sp³-hybridized carbons (Fsp3) is 0.400. The molecule has 128 valence electrons. The van der Waals surface area contributed by atoms with E-state index in [1.807, 2.05) is 30.3 Å². The molecule has 0 radical (unpaired) electrons. The number of carboxylic acid groups (broad SMARTS) is 2. The van der Waals surface area contributed by atoms with Gasteiger partial charge in [0.1, 0.15) is 6.04 Å². The third-order valence-electron chi connectivity index (χ3n) is 2.99. The minimum absolute atomic E-state index is 0.112. The van der Waals surface area contributed by atoms with E-state index in [-0.39, 0.29) is 5.96 Å². The first-order valence-electron chi connectivity index (χ1n) is 7.09. The normalized spacial score (nSPS) is 12.3. The van der Waals surface area contributed by atoms with Gasteiger partial charge in [-0.15, -0.1) is 0 Å². The van der Waals surface area contributed by atoms with Crippen LogP contribution in [-0.4, -0.2) is 40.7 Å². The molecule has 23 heavy (non-hydrogen) atoms. The molecule has 2 atom stereocenters. The Bertz CT molecular complexity index is 507. The number of benzene rings is 1. The molecule has 1 aromatic carbocycles. The first kappa shape index (κ1) is 20.4. The van der Waals surface area contributed by atoms with Crippen molar-refractivity contribution in [2.24, 2.45) is 11.5 Å². The number of hydrogen-bond acceptors (Lipinski definition) is 4. The summed E-state index contributed by atoms with van der Waals surface area (Å²) in [5, 5.41) is 26.3. The average Bonchev–Trinajstić information content (AvgIpc) is 2.51. The van der Waals surface area contributed by atoms with Gasteiger partial charge in [0.05, 0.1) is 5.92 Å². The van der Waals surface area contributed by atoms with Crippen LogP contribution in [0.4, 0.5) is 0 Å². The van der Waals surface area contributed by atoms with E-state index in [0.717, 1.165) is 5.56 Å². The van der Waals surface area contributed by atoms with E-state index in [2.05, 4.69) is 5.32 Å². The highest BCUT2D eigenvalue weighted by atomic mass is 16.4. The topological polar surface area (TPSA) is 163 Å². The lowest BCUT2D eigenvalue weighted by Gasteiger charge is -2.06. The molecule has 0 saturated carbocycles. The van der Waals surface area contributed by atoms with Crippen LogP contribution in [-0.2, 0) is 9.59 Å². The molecule has 2 unspecified atom stereocenters. The van der Waals surface area contributed by atoms with Crippen molar-refractivity contribution >= 4 is 17.9 Å². The smallest absolute Gasteiger partial charge is 0.320 e. The van der Waals surface area contributed by atoms with Crippen LogP contribution in [0.25, 0.3) is 0 Å². The molecule has 0 aliphatic heterocycles. The van der Waals surface area contributed by atoms with Gasteiger partial charge in [0.2, 0.25) is 0 Å². The minimum atomic E-state index is -1.00. The van der Waals surface area contributed by atoms with Crippen LogP contribution in [0, 0.1) is 5.41 Å². The lowest BCUT2D eigenvalue weighted by atomic mass is 10.0. The summed E-state index contributed by atoms with van der Waals surface area (Å²) in [7, 11) is 0. The van der Waals surface area contributed by atoms with E-state index in [0.29, 0.717) is 19.4 Å². The molecule has 0 heterocycles. The van der Waals surface area contributed by atoms with Crippen LogP contribution < -0.4 is 16.8 Å². The van der Waals surface area contributed by atoms with Crippen molar-refractivity contribution in [2.45, 2.75) is 31.7 Å². The Morgan fingerprint density at radius 3 is 2.22 bits per heavy atom. The number of nitrogens with one attached hydrogen (secondary N) is 2. The Morgan fingerprint density at radius 1 is 1.22 bits per heavy atom. The van der Waals surface area contributed by atoms with Gasteiger partial charge in [0.15, 0.2) is 5.96 Å². The van der Waals surface area contributed by atoms with Crippen LogP contribution in [0.1, 0.15) is 31.2 Å². The average molecular weight is 324 g/mol. The lowest BCUT2D eigenvalue weighted by molar-refractivity contribution is -0.139. The fourth-order valence-corrected chi connectivity index (χ4v) is 1.55. The Kier molecular flexibility index (Phi) is 9.77. The second-order valence-electron chi connectivity index (χ2n) is 4.90. The molecule has 1 aromatic rings. The molecule has 0 fully saturated rings. The van der Waals surface area contributed by atoms with Crippen LogP contribution in [0.15, 0.2) is 30.3 Å². The molecular formula is C15H24N4O4. The Hall–Kier alpha value is -2.61. The number of guanidine groups is 1. The van der Waals surface area contributed by atoms with Gasteiger partial charge in [0, 0.05) is 6.54 Å². The van der Waals surface area contributed by atoms with E-state index in [1.54, 1.807) is 6.92 Å².